The molecule has 6 rings (SSSR count). The van der Waals surface area contributed by atoms with Crippen molar-refractivity contribution in [3.05, 3.63) is 36.2 Å². The van der Waals surface area contributed by atoms with Crippen molar-refractivity contribution in [3.8, 4) is 22.5 Å². The van der Waals surface area contributed by atoms with E-state index in [2.05, 4.69) is 73.0 Å². The first-order chi connectivity index (χ1) is 22.7. The molecule has 48 heavy (non-hydrogen) atoms. The standard InChI is InChI=1S/C35H51N9O3Si/c1-10-28-32-26(30-21-36-42(6)39-30)13-14-27(33(32)43(40-28)22-46-17-18-48(7,8)9)29-15-16-31(38-37-29)41(5)25-19-23-11-12-24(20-25)44(23)34(45)47-35(2,3)4/h13-16,21,23-25H,10-12,17-20,22H2,1-9H3. The lowest BCUT2D eigenvalue weighted by Gasteiger charge is -2.42. The number of hydrogen-bond donors (Lipinski definition) is 0. The Morgan fingerprint density at radius 1 is 1.00 bits per heavy atom. The molecule has 0 spiro atoms. The molecule has 0 aliphatic carbocycles. The summed E-state index contributed by atoms with van der Waals surface area (Å²) >= 11 is 0. The molecule has 2 bridgehead atoms. The fraction of sp³-hybridized carbons (Fsp3) is 0.600. The van der Waals surface area contributed by atoms with Crippen molar-refractivity contribution >= 4 is 30.9 Å². The highest BCUT2D eigenvalue weighted by Gasteiger charge is 2.46. The van der Waals surface area contributed by atoms with Crippen LogP contribution in [0.3, 0.4) is 0 Å². The maximum absolute atomic E-state index is 13.0. The van der Waals surface area contributed by atoms with Gasteiger partial charge in [0.2, 0.25) is 0 Å². The minimum Gasteiger partial charge on any atom is -0.444 e. The first-order valence-electron chi connectivity index (χ1n) is 17.3. The Kier molecular flexibility index (Phi) is 9.38. The predicted octanol–water partition coefficient (Wildman–Crippen LogP) is 6.53. The summed E-state index contributed by atoms with van der Waals surface area (Å²) in [6.07, 6.45) is 6.16. The van der Waals surface area contributed by atoms with E-state index in [0.717, 1.165) is 83.1 Å². The largest absolute Gasteiger partial charge is 0.444 e. The number of aryl methyl sites for hydroxylation is 2. The molecule has 2 atom stereocenters. The molecule has 2 aliphatic heterocycles. The second-order valence-electron chi connectivity index (χ2n) is 15.5. The number of fused-ring (bicyclic) bond motifs is 3. The summed E-state index contributed by atoms with van der Waals surface area (Å²) < 4.78 is 13.9. The van der Waals surface area contributed by atoms with E-state index in [1.807, 2.05) is 37.4 Å². The average molecular weight is 674 g/mol. The van der Waals surface area contributed by atoms with Gasteiger partial charge in [-0.2, -0.15) is 20.1 Å². The first kappa shape index (κ1) is 34.0. The molecule has 0 N–H and O–H groups in total. The topological polar surface area (TPSA) is 116 Å². The van der Waals surface area contributed by atoms with Gasteiger partial charge in [-0.1, -0.05) is 32.6 Å². The number of anilines is 1. The molecule has 1 amide bonds. The smallest absolute Gasteiger partial charge is 0.410 e. The van der Waals surface area contributed by atoms with Gasteiger partial charge in [0, 0.05) is 63.4 Å². The molecule has 3 aromatic heterocycles. The van der Waals surface area contributed by atoms with Crippen LogP contribution >= 0.6 is 0 Å². The first-order valence-corrected chi connectivity index (χ1v) is 21.0. The average Bonchev–Trinajstić information content (AvgIpc) is 3.70. The third-order valence-electron chi connectivity index (χ3n) is 9.53. The third kappa shape index (κ3) is 7.12. The fourth-order valence-corrected chi connectivity index (χ4v) is 7.83. The zero-order chi connectivity index (χ0) is 34.4. The molecule has 13 heteroatoms. The molecular formula is C35H51N9O3Si. The summed E-state index contributed by atoms with van der Waals surface area (Å²) in [4.78, 5) is 18.8. The van der Waals surface area contributed by atoms with Gasteiger partial charge in [0.05, 0.1) is 23.1 Å². The number of aromatic nitrogens is 7. The SMILES string of the molecule is CCc1nn(COCC[Si](C)(C)C)c2c(-c3ccc(N(C)C4CC5CCC(C4)N5C(=O)OC(C)(C)C)nn3)ccc(-c3cnn(C)n3)c12. The highest BCUT2D eigenvalue weighted by atomic mass is 28.3. The Hall–Kier alpha value is -3.84. The lowest BCUT2D eigenvalue weighted by Crippen LogP contribution is -2.53. The van der Waals surface area contributed by atoms with Crippen LogP contribution in [0.1, 0.15) is 59.1 Å². The Morgan fingerprint density at radius 3 is 2.29 bits per heavy atom. The summed E-state index contributed by atoms with van der Waals surface area (Å²) in [5, 5.41) is 24.6. The molecule has 12 nitrogen and oxygen atoms in total. The van der Waals surface area contributed by atoms with Gasteiger partial charge in [-0.05, 0) is 77.1 Å². The number of ether oxygens (including phenoxy) is 2. The van der Waals surface area contributed by atoms with Crippen LogP contribution in [-0.2, 0) is 29.7 Å². The van der Waals surface area contributed by atoms with Crippen molar-refractivity contribution in [3.63, 3.8) is 0 Å². The van der Waals surface area contributed by atoms with Crippen molar-refractivity contribution in [2.24, 2.45) is 7.05 Å². The van der Waals surface area contributed by atoms with E-state index in [1.165, 1.54) is 0 Å². The van der Waals surface area contributed by atoms with Crippen LogP contribution in [0.4, 0.5) is 10.6 Å². The number of carbonyl (C=O) groups is 1. The number of piperidine rings is 1. The van der Waals surface area contributed by atoms with Crippen LogP contribution in [0.25, 0.3) is 33.4 Å². The molecule has 2 saturated heterocycles. The molecule has 2 aliphatic rings. The summed E-state index contributed by atoms with van der Waals surface area (Å²) in [6, 6.07) is 10.0. The number of hydrogen-bond acceptors (Lipinski definition) is 9. The van der Waals surface area contributed by atoms with Crippen LogP contribution in [0.2, 0.25) is 25.7 Å². The van der Waals surface area contributed by atoms with E-state index in [0.29, 0.717) is 13.3 Å². The molecule has 0 saturated carbocycles. The van der Waals surface area contributed by atoms with E-state index in [-0.39, 0.29) is 24.2 Å². The van der Waals surface area contributed by atoms with Crippen LogP contribution in [0.15, 0.2) is 30.5 Å². The maximum Gasteiger partial charge on any atom is 0.410 e. The van der Waals surface area contributed by atoms with Crippen molar-refractivity contribution in [1.82, 2.24) is 39.9 Å². The van der Waals surface area contributed by atoms with Gasteiger partial charge in [0.25, 0.3) is 0 Å². The quantitative estimate of drug-likeness (QED) is 0.137. The van der Waals surface area contributed by atoms with Gasteiger partial charge in [0.15, 0.2) is 5.82 Å². The van der Waals surface area contributed by atoms with E-state index in [9.17, 15) is 4.79 Å². The van der Waals surface area contributed by atoms with Gasteiger partial charge in [-0.15, -0.1) is 10.2 Å². The number of amides is 1. The monoisotopic (exact) mass is 673 g/mol. The van der Waals surface area contributed by atoms with E-state index in [1.54, 1.807) is 11.0 Å². The number of nitrogens with zero attached hydrogens (tertiary/aromatic N) is 9. The third-order valence-corrected chi connectivity index (χ3v) is 11.2. The van der Waals surface area contributed by atoms with Gasteiger partial charge in [0.1, 0.15) is 18.0 Å². The van der Waals surface area contributed by atoms with E-state index >= 15 is 0 Å². The molecule has 4 aromatic rings. The lowest BCUT2D eigenvalue weighted by molar-refractivity contribution is 0.00596. The van der Waals surface area contributed by atoms with Crippen LogP contribution < -0.4 is 4.90 Å². The maximum atomic E-state index is 13.0. The molecule has 1 aromatic carbocycles. The zero-order valence-corrected chi connectivity index (χ0v) is 31.0. The van der Waals surface area contributed by atoms with E-state index < -0.39 is 13.7 Å². The highest BCUT2D eigenvalue weighted by molar-refractivity contribution is 6.76. The fourth-order valence-electron chi connectivity index (χ4n) is 7.08. The summed E-state index contributed by atoms with van der Waals surface area (Å²) in [5.74, 6) is 0.818. The highest BCUT2D eigenvalue weighted by Crippen LogP contribution is 2.40. The van der Waals surface area contributed by atoms with Crippen LogP contribution in [0.5, 0.6) is 0 Å². The van der Waals surface area contributed by atoms with E-state index in [4.69, 9.17) is 24.8 Å². The van der Waals surface area contributed by atoms with Crippen LogP contribution in [0, 0.1) is 0 Å². The lowest BCUT2D eigenvalue weighted by atomic mass is 9.96. The minimum atomic E-state index is -1.23. The molecule has 2 unspecified atom stereocenters. The molecule has 5 heterocycles. The second-order valence-corrected chi connectivity index (χ2v) is 21.2. The minimum absolute atomic E-state index is 0.181. The van der Waals surface area contributed by atoms with Crippen molar-refractivity contribution in [2.45, 2.75) is 116 Å². The van der Waals surface area contributed by atoms with Crippen molar-refractivity contribution < 1.29 is 14.3 Å². The summed E-state index contributed by atoms with van der Waals surface area (Å²) in [5.41, 5.74) is 4.96. The summed E-state index contributed by atoms with van der Waals surface area (Å²) in [7, 11) is 2.69. The molecule has 258 valence electrons. The normalized spacial score (nSPS) is 19.7. The predicted molar refractivity (Wildman–Crippen MR) is 191 cm³/mol. The van der Waals surface area contributed by atoms with Crippen LogP contribution in [-0.4, -0.2) is 91.4 Å². The van der Waals surface area contributed by atoms with Crippen molar-refractivity contribution in [1.29, 1.82) is 0 Å². The molecular weight excluding hydrogens is 623 g/mol. The van der Waals surface area contributed by atoms with Gasteiger partial charge in [-0.3, -0.25) is 0 Å². The number of carbonyl (C=O) groups excluding carboxylic acids is 1. The second kappa shape index (κ2) is 13.2. The number of rotatable bonds is 10. The Balaban J connectivity index is 1.28. The molecule has 2 fully saturated rings. The molecule has 0 radical (unpaired) electrons. The zero-order valence-electron chi connectivity index (χ0n) is 30.0. The Labute approximate surface area is 284 Å². The van der Waals surface area contributed by atoms with Gasteiger partial charge in [-0.25, -0.2) is 9.48 Å². The van der Waals surface area contributed by atoms with Crippen molar-refractivity contribution in [2.75, 3.05) is 18.6 Å². The number of benzene rings is 1. The Bertz CT molecular complexity index is 1740. The van der Waals surface area contributed by atoms with Gasteiger partial charge >= 0.3 is 6.09 Å². The summed E-state index contributed by atoms with van der Waals surface area (Å²) in [6.45, 7) is 16.0. The Morgan fingerprint density at radius 2 is 1.71 bits per heavy atom. The van der Waals surface area contributed by atoms with Gasteiger partial charge < -0.3 is 19.3 Å².